The zero-order chi connectivity index (χ0) is 16.9. The minimum absolute atomic E-state index is 0. The third-order valence-electron chi connectivity index (χ3n) is 3.58. The van der Waals surface area contributed by atoms with E-state index in [2.05, 4.69) is 27.5 Å². The Morgan fingerprint density at radius 1 is 1.50 bits per heavy atom. The molecule has 0 spiro atoms. The van der Waals surface area contributed by atoms with Gasteiger partial charge in [0.2, 0.25) is 0 Å². The van der Waals surface area contributed by atoms with E-state index in [0.29, 0.717) is 32.0 Å². The summed E-state index contributed by atoms with van der Waals surface area (Å²) in [6, 6.07) is -0.0230. The van der Waals surface area contributed by atoms with E-state index in [9.17, 15) is 13.2 Å². The molecule has 5 nitrogen and oxygen atoms in total. The van der Waals surface area contributed by atoms with Crippen LogP contribution >= 0.6 is 35.3 Å². The van der Waals surface area contributed by atoms with E-state index in [0.717, 1.165) is 17.1 Å². The first-order valence-corrected chi connectivity index (χ1v) is 8.47. The molecule has 1 aromatic rings. The van der Waals surface area contributed by atoms with Crippen molar-refractivity contribution < 1.29 is 13.2 Å². The maximum atomic E-state index is 12.4. The smallest absolute Gasteiger partial charge is 0.352 e. The molecule has 24 heavy (non-hydrogen) atoms. The van der Waals surface area contributed by atoms with Crippen LogP contribution in [0, 0.1) is 0 Å². The van der Waals surface area contributed by atoms with Gasteiger partial charge in [0, 0.05) is 31.6 Å². The highest BCUT2D eigenvalue weighted by Crippen LogP contribution is 2.19. The molecule has 0 amide bonds. The molecule has 0 aliphatic carbocycles. The summed E-state index contributed by atoms with van der Waals surface area (Å²) in [4.78, 5) is 10.00. The summed E-state index contributed by atoms with van der Waals surface area (Å²) < 4.78 is 37.2. The Hall–Kier alpha value is -0.620. The summed E-state index contributed by atoms with van der Waals surface area (Å²) in [7, 11) is 1.65. The lowest BCUT2D eigenvalue weighted by molar-refractivity contribution is -0.143. The number of hydrogen-bond donors (Lipinski definition) is 2. The molecule has 2 N–H and O–H groups in total. The lowest BCUT2D eigenvalue weighted by Gasteiger charge is -2.19. The molecule has 1 fully saturated rings. The van der Waals surface area contributed by atoms with Crippen molar-refractivity contribution >= 4 is 41.3 Å². The number of aryl methyl sites for hydroxylation is 1. The van der Waals surface area contributed by atoms with E-state index < -0.39 is 12.7 Å². The van der Waals surface area contributed by atoms with E-state index in [1.54, 1.807) is 18.4 Å². The predicted octanol–water partition coefficient (Wildman–Crippen LogP) is 2.63. The van der Waals surface area contributed by atoms with Crippen LogP contribution in [0.2, 0.25) is 0 Å². The quantitative estimate of drug-likeness (QED) is 0.389. The fourth-order valence-corrected chi connectivity index (χ4v) is 3.25. The zero-order valence-electron chi connectivity index (χ0n) is 13.7. The topological polar surface area (TPSA) is 52.6 Å². The molecular weight excluding hydrogens is 454 g/mol. The van der Waals surface area contributed by atoms with Crippen LogP contribution in [0.15, 0.2) is 10.4 Å². The van der Waals surface area contributed by atoms with Crippen LogP contribution in [0.25, 0.3) is 0 Å². The van der Waals surface area contributed by atoms with Crippen LogP contribution in [0.5, 0.6) is 0 Å². The average Bonchev–Trinajstić information content (AvgIpc) is 3.10. The molecular formula is C14H23F3IN5S. The number of alkyl halides is 3. The Morgan fingerprint density at radius 2 is 2.25 bits per heavy atom. The largest absolute Gasteiger partial charge is 0.401 e. The lowest BCUT2D eigenvalue weighted by atomic mass is 10.3. The Kier molecular flexibility index (Phi) is 8.71. The van der Waals surface area contributed by atoms with Gasteiger partial charge in [-0.15, -0.1) is 35.3 Å². The van der Waals surface area contributed by atoms with Crippen LogP contribution in [0.4, 0.5) is 13.2 Å². The van der Waals surface area contributed by atoms with Crippen molar-refractivity contribution in [2.75, 3.05) is 26.7 Å². The van der Waals surface area contributed by atoms with E-state index in [-0.39, 0.29) is 30.0 Å². The fraction of sp³-hybridized carbons (Fsp3) is 0.714. The summed E-state index contributed by atoms with van der Waals surface area (Å²) in [6.07, 6.45) is -2.56. The van der Waals surface area contributed by atoms with Gasteiger partial charge in [0.05, 0.1) is 23.8 Å². The van der Waals surface area contributed by atoms with Gasteiger partial charge in [0.25, 0.3) is 0 Å². The number of thiazole rings is 1. The van der Waals surface area contributed by atoms with Crippen molar-refractivity contribution in [2.24, 2.45) is 4.99 Å². The molecule has 0 aromatic carbocycles. The minimum Gasteiger partial charge on any atom is -0.352 e. The molecule has 1 saturated heterocycles. The van der Waals surface area contributed by atoms with E-state index in [1.165, 1.54) is 4.90 Å². The first-order chi connectivity index (χ1) is 10.9. The maximum absolute atomic E-state index is 12.4. The summed E-state index contributed by atoms with van der Waals surface area (Å²) in [5, 5.41) is 9.42. The van der Waals surface area contributed by atoms with Crippen LogP contribution in [-0.4, -0.2) is 54.7 Å². The van der Waals surface area contributed by atoms with Crippen molar-refractivity contribution in [3.05, 3.63) is 16.1 Å². The van der Waals surface area contributed by atoms with Crippen molar-refractivity contribution in [3.63, 3.8) is 0 Å². The van der Waals surface area contributed by atoms with Gasteiger partial charge in [0.1, 0.15) is 0 Å². The first kappa shape index (κ1) is 21.4. The Labute approximate surface area is 161 Å². The van der Waals surface area contributed by atoms with Crippen molar-refractivity contribution in [2.45, 2.75) is 38.5 Å². The molecule has 2 rings (SSSR count). The van der Waals surface area contributed by atoms with Crippen molar-refractivity contribution in [1.82, 2.24) is 20.5 Å². The normalized spacial score (nSPS) is 19.2. The van der Waals surface area contributed by atoms with Crippen LogP contribution in [0.1, 0.15) is 24.0 Å². The highest BCUT2D eigenvalue weighted by atomic mass is 127. The number of halogens is 4. The third-order valence-corrected chi connectivity index (χ3v) is 4.62. The number of nitrogens with zero attached hydrogens (tertiary/aromatic N) is 3. The summed E-state index contributed by atoms with van der Waals surface area (Å²) in [6.45, 7) is 2.57. The molecule has 0 saturated carbocycles. The molecule has 0 radical (unpaired) electrons. The molecule has 138 valence electrons. The highest BCUT2D eigenvalue weighted by molar-refractivity contribution is 14.0. The number of hydrogen-bond acceptors (Lipinski definition) is 4. The zero-order valence-corrected chi connectivity index (χ0v) is 16.8. The van der Waals surface area contributed by atoms with Gasteiger partial charge >= 0.3 is 6.18 Å². The summed E-state index contributed by atoms with van der Waals surface area (Å²) in [5.74, 6) is 0.593. The summed E-state index contributed by atoms with van der Waals surface area (Å²) in [5.41, 5.74) is 0.944. The lowest BCUT2D eigenvalue weighted by Crippen LogP contribution is -2.44. The summed E-state index contributed by atoms with van der Waals surface area (Å²) >= 11 is 1.62. The van der Waals surface area contributed by atoms with E-state index in [4.69, 9.17) is 0 Å². The molecule has 10 heteroatoms. The molecule has 1 aromatic heterocycles. The third kappa shape index (κ3) is 7.09. The fourth-order valence-electron chi connectivity index (χ4n) is 2.50. The van der Waals surface area contributed by atoms with Crippen molar-refractivity contribution in [3.8, 4) is 0 Å². The maximum Gasteiger partial charge on any atom is 0.401 e. The monoisotopic (exact) mass is 477 g/mol. The SMILES string of the molecule is CCc1nc(CNC(=NC)NC2CCN(CC(F)(F)F)C2)cs1.I. The number of guanidine groups is 1. The second-order valence-corrected chi connectivity index (χ2v) is 6.43. The standard InChI is InChI=1S/C14H22F3N5S.HI/c1-3-12-20-11(8-23-12)6-19-13(18-2)21-10-4-5-22(7-10)9-14(15,16)17;/h8,10H,3-7,9H2,1-2H3,(H2,18,19,21);1H. The van der Waals surface area contributed by atoms with Gasteiger partial charge in [-0.2, -0.15) is 13.2 Å². The van der Waals surface area contributed by atoms with Crippen LogP contribution in [0.3, 0.4) is 0 Å². The van der Waals surface area contributed by atoms with Gasteiger partial charge in [-0.05, 0) is 12.8 Å². The van der Waals surface area contributed by atoms with Crippen molar-refractivity contribution in [1.29, 1.82) is 0 Å². The van der Waals surface area contributed by atoms with Gasteiger partial charge < -0.3 is 10.6 Å². The first-order valence-electron chi connectivity index (χ1n) is 7.59. The minimum atomic E-state index is -4.14. The Bertz CT molecular complexity index is 535. The molecule has 1 aliphatic heterocycles. The predicted molar refractivity (Wildman–Crippen MR) is 101 cm³/mol. The highest BCUT2D eigenvalue weighted by Gasteiger charge is 2.34. The number of aliphatic imine (C=N–C) groups is 1. The second-order valence-electron chi connectivity index (χ2n) is 5.49. The number of nitrogens with one attached hydrogen (secondary N) is 2. The number of rotatable bonds is 5. The Morgan fingerprint density at radius 3 is 2.83 bits per heavy atom. The molecule has 0 bridgehead atoms. The van der Waals surface area contributed by atoms with E-state index in [1.807, 2.05) is 5.38 Å². The van der Waals surface area contributed by atoms with Gasteiger partial charge in [-0.25, -0.2) is 4.98 Å². The molecule has 1 aliphatic rings. The average molecular weight is 477 g/mol. The molecule has 1 atom stereocenters. The molecule has 2 heterocycles. The number of aromatic nitrogens is 1. The van der Waals surface area contributed by atoms with Crippen LogP contribution in [-0.2, 0) is 13.0 Å². The van der Waals surface area contributed by atoms with Gasteiger partial charge in [-0.1, -0.05) is 6.92 Å². The second kappa shape index (κ2) is 9.76. The van der Waals surface area contributed by atoms with E-state index >= 15 is 0 Å². The Balaban J connectivity index is 0.00000288. The van der Waals surface area contributed by atoms with Crippen LogP contribution < -0.4 is 10.6 Å². The molecule has 1 unspecified atom stereocenters. The van der Waals surface area contributed by atoms with Gasteiger partial charge in [-0.3, -0.25) is 9.89 Å². The number of likely N-dealkylation sites (tertiary alicyclic amines) is 1. The van der Waals surface area contributed by atoms with Gasteiger partial charge in [0.15, 0.2) is 5.96 Å².